The number of aliphatic hydroxyl groups excluding tert-OH is 2. The molecule has 0 bridgehead atoms. The van der Waals surface area contributed by atoms with E-state index >= 15 is 0 Å². The van der Waals surface area contributed by atoms with Gasteiger partial charge >= 0.3 is 0 Å². The van der Waals surface area contributed by atoms with E-state index in [9.17, 15) is 0 Å². The van der Waals surface area contributed by atoms with Crippen LogP contribution < -0.4 is 0 Å². The summed E-state index contributed by atoms with van der Waals surface area (Å²) < 4.78 is 0. The van der Waals surface area contributed by atoms with Crippen molar-refractivity contribution >= 4 is 12.2 Å². The third-order valence-corrected chi connectivity index (χ3v) is 1.74. The Kier molecular flexibility index (Phi) is 4.69. The molecule has 0 heterocycles. The minimum Gasteiger partial charge on any atom is -0.392 e. The van der Waals surface area contributed by atoms with Gasteiger partial charge in [-0.3, -0.25) is 0 Å². The molecule has 0 aromatic heterocycles. The van der Waals surface area contributed by atoms with Crippen molar-refractivity contribution in [2.75, 3.05) is 13.2 Å². The van der Waals surface area contributed by atoms with Crippen LogP contribution in [0.25, 0.3) is 12.2 Å². The monoisotopic (exact) mass is 190 g/mol. The zero-order valence-corrected chi connectivity index (χ0v) is 7.93. The van der Waals surface area contributed by atoms with Gasteiger partial charge in [-0.15, -0.1) is 0 Å². The topological polar surface area (TPSA) is 40.5 Å². The summed E-state index contributed by atoms with van der Waals surface area (Å²) in [4.78, 5) is 0. The van der Waals surface area contributed by atoms with Gasteiger partial charge < -0.3 is 10.2 Å². The Morgan fingerprint density at radius 3 is 1.86 bits per heavy atom. The van der Waals surface area contributed by atoms with Crippen molar-refractivity contribution in [3.8, 4) is 0 Å². The van der Waals surface area contributed by atoms with Gasteiger partial charge in [0.25, 0.3) is 0 Å². The van der Waals surface area contributed by atoms with Gasteiger partial charge in [0.15, 0.2) is 0 Å². The fourth-order valence-corrected chi connectivity index (χ4v) is 1.14. The molecular formula is C12H14O2. The van der Waals surface area contributed by atoms with Crippen LogP contribution in [0.4, 0.5) is 0 Å². The van der Waals surface area contributed by atoms with E-state index in [2.05, 4.69) is 0 Å². The van der Waals surface area contributed by atoms with Crippen LogP contribution >= 0.6 is 0 Å². The predicted molar refractivity (Wildman–Crippen MR) is 58.7 cm³/mol. The molecular weight excluding hydrogens is 176 g/mol. The zero-order valence-electron chi connectivity index (χ0n) is 7.93. The molecule has 1 aromatic rings. The lowest BCUT2D eigenvalue weighted by atomic mass is 10.1. The maximum absolute atomic E-state index is 8.60. The van der Waals surface area contributed by atoms with Gasteiger partial charge in [0.05, 0.1) is 13.2 Å². The van der Waals surface area contributed by atoms with Gasteiger partial charge in [-0.2, -0.15) is 0 Å². The maximum Gasteiger partial charge on any atom is 0.0615 e. The third kappa shape index (κ3) is 3.56. The van der Waals surface area contributed by atoms with Gasteiger partial charge in [0, 0.05) is 0 Å². The highest BCUT2D eigenvalue weighted by atomic mass is 16.3. The van der Waals surface area contributed by atoms with Gasteiger partial charge in [-0.1, -0.05) is 42.5 Å². The summed E-state index contributed by atoms with van der Waals surface area (Å²) in [7, 11) is 0. The van der Waals surface area contributed by atoms with Crippen LogP contribution in [-0.4, -0.2) is 23.4 Å². The predicted octanol–water partition coefficient (Wildman–Crippen LogP) is 1.70. The van der Waals surface area contributed by atoms with Gasteiger partial charge in [0.2, 0.25) is 0 Å². The first-order valence-corrected chi connectivity index (χ1v) is 4.51. The Balaban J connectivity index is 2.78. The van der Waals surface area contributed by atoms with Crippen molar-refractivity contribution in [3.05, 3.63) is 47.5 Å². The molecule has 0 radical (unpaired) electrons. The summed E-state index contributed by atoms with van der Waals surface area (Å²) in [5.74, 6) is 0. The molecule has 74 valence electrons. The first kappa shape index (κ1) is 10.7. The Bertz CT molecular complexity index is 298. The molecule has 0 atom stereocenters. The molecule has 1 aromatic carbocycles. The summed E-state index contributed by atoms with van der Waals surface area (Å²) in [5, 5.41) is 17.2. The summed E-state index contributed by atoms with van der Waals surface area (Å²) in [6.07, 6.45) is 7.09. The third-order valence-electron chi connectivity index (χ3n) is 1.74. The largest absolute Gasteiger partial charge is 0.392 e. The highest BCUT2D eigenvalue weighted by Gasteiger charge is 1.88. The SMILES string of the molecule is OCC=Cc1cccc(C=CCO)c1. The van der Waals surface area contributed by atoms with Gasteiger partial charge in [-0.25, -0.2) is 0 Å². The van der Waals surface area contributed by atoms with Crippen molar-refractivity contribution in [2.45, 2.75) is 0 Å². The Morgan fingerprint density at radius 2 is 1.43 bits per heavy atom. The zero-order chi connectivity index (χ0) is 10.2. The van der Waals surface area contributed by atoms with Crippen LogP contribution in [0.5, 0.6) is 0 Å². The molecule has 0 fully saturated rings. The smallest absolute Gasteiger partial charge is 0.0615 e. The van der Waals surface area contributed by atoms with Crippen molar-refractivity contribution in [2.24, 2.45) is 0 Å². The lowest BCUT2D eigenvalue weighted by Gasteiger charge is -1.96. The van der Waals surface area contributed by atoms with E-state index < -0.39 is 0 Å². The molecule has 0 saturated heterocycles. The van der Waals surface area contributed by atoms with E-state index in [1.165, 1.54) is 0 Å². The maximum atomic E-state index is 8.60. The first-order valence-electron chi connectivity index (χ1n) is 4.51. The van der Waals surface area contributed by atoms with E-state index in [0.29, 0.717) is 0 Å². The Labute approximate surface area is 83.8 Å². The van der Waals surface area contributed by atoms with Gasteiger partial charge in [-0.05, 0) is 17.2 Å². The lowest BCUT2D eigenvalue weighted by molar-refractivity contribution is 0.343. The van der Waals surface area contributed by atoms with Crippen molar-refractivity contribution in [1.82, 2.24) is 0 Å². The molecule has 2 heteroatoms. The Hall–Kier alpha value is -1.38. The van der Waals surface area contributed by atoms with E-state index in [4.69, 9.17) is 10.2 Å². The van der Waals surface area contributed by atoms with Crippen molar-refractivity contribution in [1.29, 1.82) is 0 Å². The number of benzene rings is 1. The van der Waals surface area contributed by atoms with Crippen LogP contribution in [0.2, 0.25) is 0 Å². The van der Waals surface area contributed by atoms with E-state index in [0.717, 1.165) is 11.1 Å². The van der Waals surface area contributed by atoms with E-state index in [-0.39, 0.29) is 13.2 Å². The summed E-state index contributed by atoms with van der Waals surface area (Å²) >= 11 is 0. The van der Waals surface area contributed by atoms with E-state index in [1.807, 2.05) is 36.4 Å². The molecule has 0 amide bonds. The summed E-state index contributed by atoms with van der Waals surface area (Å²) in [6.45, 7) is 0.105. The first-order chi connectivity index (χ1) is 6.86. The molecule has 0 unspecified atom stereocenters. The average Bonchev–Trinajstić information content (AvgIpc) is 2.24. The minimum atomic E-state index is 0.0523. The van der Waals surface area contributed by atoms with Crippen LogP contribution in [0, 0.1) is 0 Å². The Morgan fingerprint density at radius 1 is 0.929 bits per heavy atom. The number of aliphatic hydroxyl groups is 2. The van der Waals surface area contributed by atoms with Crippen LogP contribution in [0.1, 0.15) is 11.1 Å². The van der Waals surface area contributed by atoms with Crippen molar-refractivity contribution < 1.29 is 10.2 Å². The van der Waals surface area contributed by atoms with Gasteiger partial charge in [0.1, 0.15) is 0 Å². The molecule has 2 nitrogen and oxygen atoms in total. The molecule has 0 saturated carbocycles. The quantitative estimate of drug-likeness (QED) is 0.758. The number of rotatable bonds is 4. The number of hydrogen-bond donors (Lipinski definition) is 2. The normalized spacial score (nSPS) is 11.6. The van der Waals surface area contributed by atoms with Crippen LogP contribution in [0.15, 0.2) is 36.4 Å². The standard InChI is InChI=1S/C12H14O2/c13-8-2-6-11-4-1-5-12(10-11)7-3-9-14/h1-7,10,13-14H,8-9H2. The molecule has 0 aliphatic carbocycles. The van der Waals surface area contributed by atoms with Crippen molar-refractivity contribution in [3.63, 3.8) is 0 Å². The average molecular weight is 190 g/mol. The fraction of sp³-hybridized carbons (Fsp3) is 0.167. The summed E-state index contributed by atoms with van der Waals surface area (Å²) in [6, 6.07) is 7.84. The highest BCUT2D eigenvalue weighted by Crippen LogP contribution is 2.08. The van der Waals surface area contributed by atoms with Crippen LogP contribution in [-0.2, 0) is 0 Å². The highest BCUT2D eigenvalue weighted by molar-refractivity contribution is 5.57. The second kappa shape index (κ2) is 6.13. The van der Waals surface area contributed by atoms with Crippen LogP contribution in [0.3, 0.4) is 0 Å². The second-order valence-corrected chi connectivity index (χ2v) is 2.84. The fourth-order valence-electron chi connectivity index (χ4n) is 1.14. The second-order valence-electron chi connectivity index (χ2n) is 2.84. The molecule has 0 aliphatic rings. The summed E-state index contributed by atoms with van der Waals surface area (Å²) in [5.41, 5.74) is 2.08. The molecule has 2 N–H and O–H groups in total. The minimum absolute atomic E-state index is 0.0523. The molecule has 0 spiro atoms. The number of hydrogen-bond acceptors (Lipinski definition) is 2. The van der Waals surface area contributed by atoms with E-state index in [1.54, 1.807) is 12.2 Å². The molecule has 14 heavy (non-hydrogen) atoms. The lowest BCUT2D eigenvalue weighted by Crippen LogP contribution is -1.78. The molecule has 1 rings (SSSR count). The molecule has 0 aliphatic heterocycles.